The van der Waals surface area contributed by atoms with Crippen molar-refractivity contribution in [3.05, 3.63) is 24.3 Å². The van der Waals surface area contributed by atoms with Crippen LogP contribution >= 0.6 is 0 Å². The summed E-state index contributed by atoms with van der Waals surface area (Å²) in [4.78, 5) is 13.2. The number of carbonyl (C=O) groups excluding carboxylic acids is 1. The molecule has 444 valence electrons. The minimum absolute atomic E-state index is 0.263. The van der Waals surface area contributed by atoms with Crippen molar-refractivity contribution in [2.24, 2.45) is 0 Å². The molecule has 75 heavy (non-hydrogen) atoms. The van der Waals surface area contributed by atoms with Gasteiger partial charge < -0.3 is 50.5 Å². The molecule has 1 aliphatic heterocycles. The Hall–Kier alpha value is -1.41. The molecule has 9 unspecified atom stereocenters. The fraction of sp³-hybridized carbons (Fsp3) is 0.922. The summed E-state index contributed by atoms with van der Waals surface area (Å²) >= 11 is 0. The summed E-state index contributed by atoms with van der Waals surface area (Å²) in [7, 11) is 0. The molecule has 1 fully saturated rings. The molecule has 0 aromatic heterocycles. The van der Waals surface area contributed by atoms with Gasteiger partial charge in [-0.3, -0.25) is 4.79 Å². The van der Waals surface area contributed by atoms with Crippen LogP contribution in [0.25, 0.3) is 0 Å². The molecule has 0 aromatic carbocycles. The van der Waals surface area contributed by atoms with E-state index in [1.165, 1.54) is 225 Å². The SMILES string of the molecule is CCCCCCCCCCC/C=C\C/C=C\CCCCCCCCCCCCCCCCCCC(O)C(=O)NC(COC1OC(CO)C(O)C(O)C1O)C(O)C(O)CCCCCCCCCCCCCCCCCC. The monoisotopic (exact) mass is 1070 g/mol. The Labute approximate surface area is 461 Å². The molecule has 11 nitrogen and oxygen atoms in total. The maximum absolute atomic E-state index is 13.2. The minimum Gasteiger partial charge on any atom is -0.394 e. The second-order valence-electron chi connectivity index (χ2n) is 22.8. The van der Waals surface area contributed by atoms with E-state index in [0.29, 0.717) is 19.3 Å². The Morgan fingerprint density at radius 3 is 1.19 bits per heavy atom. The van der Waals surface area contributed by atoms with Crippen LogP contribution in [0.15, 0.2) is 24.3 Å². The zero-order valence-electron chi connectivity index (χ0n) is 48.8. The van der Waals surface area contributed by atoms with E-state index in [9.17, 15) is 40.5 Å². The number of hydrogen-bond donors (Lipinski definition) is 8. The second kappa shape index (κ2) is 53.2. The molecule has 1 saturated heterocycles. The van der Waals surface area contributed by atoms with Crippen LogP contribution in [0.5, 0.6) is 0 Å². The number of allylic oxidation sites excluding steroid dienone is 4. The highest BCUT2D eigenvalue weighted by Gasteiger charge is 2.44. The Morgan fingerprint density at radius 1 is 0.467 bits per heavy atom. The van der Waals surface area contributed by atoms with Crippen molar-refractivity contribution in [2.45, 2.75) is 364 Å². The number of unbranched alkanes of at least 4 members (excludes halogenated alkanes) is 40. The number of rotatable bonds is 56. The first-order chi connectivity index (χ1) is 36.7. The van der Waals surface area contributed by atoms with E-state index in [2.05, 4.69) is 43.5 Å². The van der Waals surface area contributed by atoms with Crippen LogP contribution in [0.4, 0.5) is 0 Å². The fourth-order valence-corrected chi connectivity index (χ4v) is 10.5. The normalized spacial score (nSPS) is 19.8. The van der Waals surface area contributed by atoms with Crippen molar-refractivity contribution < 1.29 is 50.0 Å². The summed E-state index contributed by atoms with van der Waals surface area (Å²) < 4.78 is 11.2. The number of aliphatic hydroxyl groups excluding tert-OH is 7. The van der Waals surface area contributed by atoms with Crippen molar-refractivity contribution in [3.63, 3.8) is 0 Å². The van der Waals surface area contributed by atoms with Crippen LogP contribution in [0.3, 0.4) is 0 Å². The van der Waals surface area contributed by atoms with E-state index in [4.69, 9.17) is 9.47 Å². The molecular formula is C64H123NO10. The summed E-state index contributed by atoms with van der Waals surface area (Å²) in [6, 6.07) is -1.17. The van der Waals surface area contributed by atoms with Crippen LogP contribution < -0.4 is 5.32 Å². The molecule has 0 bridgehead atoms. The van der Waals surface area contributed by atoms with Crippen LogP contribution in [0, 0.1) is 0 Å². The van der Waals surface area contributed by atoms with Crippen molar-refractivity contribution >= 4 is 5.91 Å². The van der Waals surface area contributed by atoms with E-state index in [0.717, 1.165) is 44.9 Å². The summed E-state index contributed by atoms with van der Waals surface area (Å²) in [5.74, 6) is -0.692. The number of aliphatic hydroxyl groups is 7. The van der Waals surface area contributed by atoms with Crippen LogP contribution in [0.1, 0.15) is 309 Å². The molecule has 1 aliphatic rings. The zero-order valence-corrected chi connectivity index (χ0v) is 48.8. The van der Waals surface area contributed by atoms with Gasteiger partial charge in [-0.15, -0.1) is 0 Å². The second-order valence-corrected chi connectivity index (χ2v) is 22.8. The molecule has 0 aliphatic carbocycles. The summed E-state index contributed by atoms with van der Waals surface area (Å²) in [6.07, 6.45) is 53.9. The van der Waals surface area contributed by atoms with Gasteiger partial charge >= 0.3 is 0 Å². The number of amides is 1. The van der Waals surface area contributed by atoms with Gasteiger partial charge in [-0.05, 0) is 44.9 Å². The van der Waals surface area contributed by atoms with Crippen molar-refractivity contribution in [1.82, 2.24) is 5.32 Å². The lowest BCUT2D eigenvalue weighted by Gasteiger charge is -2.40. The molecule has 1 heterocycles. The Morgan fingerprint density at radius 2 is 0.813 bits per heavy atom. The molecule has 1 amide bonds. The highest BCUT2D eigenvalue weighted by atomic mass is 16.7. The number of ether oxygens (including phenoxy) is 2. The van der Waals surface area contributed by atoms with Crippen LogP contribution in [-0.4, -0.2) is 110 Å². The van der Waals surface area contributed by atoms with E-state index in [1.807, 2.05) is 0 Å². The maximum atomic E-state index is 13.2. The third-order valence-corrected chi connectivity index (χ3v) is 15.8. The van der Waals surface area contributed by atoms with Gasteiger partial charge in [0.2, 0.25) is 5.91 Å². The first kappa shape index (κ1) is 71.6. The highest BCUT2D eigenvalue weighted by Crippen LogP contribution is 2.24. The third-order valence-electron chi connectivity index (χ3n) is 15.8. The lowest BCUT2D eigenvalue weighted by molar-refractivity contribution is -0.303. The first-order valence-corrected chi connectivity index (χ1v) is 32.2. The van der Waals surface area contributed by atoms with E-state index in [1.54, 1.807) is 0 Å². The average Bonchev–Trinajstić information content (AvgIpc) is 3.41. The van der Waals surface area contributed by atoms with Crippen molar-refractivity contribution in [3.8, 4) is 0 Å². The van der Waals surface area contributed by atoms with Gasteiger partial charge in [0, 0.05) is 0 Å². The van der Waals surface area contributed by atoms with Gasteiger partial charge in [0.25, 0.3) is 0 Å². The maximum Gasteiger partial charge on any atom is 0.249 e. The van der Waals surface area contributed by atoms with Gasteiger partial charge in [-0.25, -0.2) is 0 Å². The largest absolute Gasteiger partial charge is 0.394 e. The zero-order chi connectivity index (χ0) is 54.7. The van der Waals surface area contributed by atoms with E-state index in [-0.39, 0.29) is 6.42 Å². The number of carbonyl (C=O) groups is 1. The Kier molecular flexibility index (Phi) is 50.8. The fourth-order valence-electron chi connectivity index (χ4n) is 10.5. The first-order valence-electron chi connectivity index (χ1n) is 32.2. The van der Waals surface area contributed by atoms with Crippen molar-refractivity contribution in [1.29, 1.82) is 0 Å². The molecule has 9 atom stereocenters. The minimum atomic E-state index is -1.66. The van der Waals surface area contributed by atoms with Crippen LogP contribution in [-0.2, 0) is 14.3 Å². The van der Waals surface area contributed by atoms with Gasteiger partial charge in [0.15, 0.2) is 6.29 Å². The summed E-state index contributed by atoms with van der Waals surface area (Å²) in [6.45, 7) is 3.49. The Balaban J connectivity index is 2.19. The Bertz CT molecular complexity index is 1270. The summed E-state index contributed by atoms with van der Waals surface area (Å²) in [5.41, 5.74) is 0. The van der Waals surface area contributed by atoms with Crippen molar-refractivity contribution in [2.75, 3.05) is 13.2 Å². The molecule has 8 N–H and O–H groups in total. The standard InChI is InChI=1S/C64H123NO10/c1-3-5-7-9-11-13-15-17-19-21-22-23-24-25-26-27-28-29-30-31-32-33-34-35-36-38-40-42-44-46-48-50-52-57(68)63(73)65-55(54-74-64-62(72)61(71)60(70)58(53-66)75-64)59(69)56(67)51-49-47-45-43-41-39-37-20-18-16-14-12-10-8-6-4-2/h22-23,25-26,55-62,64,66-72H,3-21,24,27-54H2,1-2H3,(H,65,73)/b23-22-,26-25-. The molecule has 0 radical (unpaired) electrons. The van der Waals surface area contributed by atoms with Gasteiger partial charge in [0.1, 0.15) is 36.6 Å². The highest BCUT2D eigenvalue weighted by molar-refractivity contribution is 5.80. The van der Waals surface area contributed by atoms with Crippen LogP contribution in [0.2, 0.25) is 0 Å². The average molecular weight is 1070 g/mol. The topological polar surface area (TPSA) is 189 Å². The molecule has 0 spiro atoms. The number of hydrogen-bond acceptors (Lipinski definition) is 10. The smallest absolute Gasteiger partial charge is 0.249 e. The van der Waals surface area contributed by atoms with Gasteiger partial charge in [-0.2, -0.15) is 0 Å². The molecule has 1 rings (SSSR count). The lowest BCUT2D eigenvalue weighted by Crippen LogP contribution is -2.60. The molecule has 0 aromatic rings. The van der Waals surface area contributed by atoms with Gasteiger partial charge in [0.05, 0.1) is 25.4 Å². The van der Waals surface area contributed by atoms with E-state index >= 15 is 0 Å². The molecule has 11 heteroatoms. The lowest BCUT2D eigenvalue weighted by atomic mass is 9.98. The predicted octanol–water partition coefficient (Wildman–Crippen LogP) is 14.5. The quantitative estimate of drug-likeness (QED) is 0.0215. The van der Waals surface area contributed by atoms with E-state index < -0.39 is 74.2 Å². The predicted molar refractivity (Wildman–Crippen MR) is 312 cm³/mol. The number of nitrogens with one attached hydrogen (secondary N) is 1. The third kappa shape index (κ3) is 41.3. The molecular weight excluding hydrogens is 943 g/mol. The van der Waals surface area contributed by atoms with Gasteiger partial charge in [-0.1, -0.05) is 289 Å². The molecule has 0 saturated carbocycles. The summed E-state index contributed by atoms with van der Waals surface area (Å²) in [5, 5.41) is 76.3.